The molecule has 0 atom stereocenters. The molecule has 14 heavy (non-hydrogen) atoms. The zero-order valence-electron chi connectivity index (χ0n) is 8.13. The number of halogens is 1. The number of ketones is 1. The van der Waals surface area contributed by atoms with Crippen molar-refractivity contribution in [2.24, 2.45) is 0 Å². The maximum Gasteiger partial charge on any atom is 0.173 e. The lowest BCUT2D eigenvalue weighted by molar-refractivity contribution is 0.102. The van der Waals surface area contributed by atoms with Crippen LogP contribution in [0.3, 0.4) is 0 Å². The van der Waals surface area contributed by atoms with Crippen LogP contribution < -0.4 is 4.74 Å². The molecule has 0 saturated heterocycles. The summed E-state index contributed by atoms with van der Waals surface area (Å²) in [5.74, 6) is 0.907. The van der Waals surface area contributed by atoms with E-state index < -0.39 is 0 Å². The minimum Gasteiger partial charge on any atom is -0.494 e. The number of alkyl halides is 1. The molecule has 0 saturated carbocycles. The maximum atomic E-state index is 11.3. The molecule has 0 bridgehead atoms. The predicted octanol–water partition coefficient (Wildman–Crippen LogP) is 3.05. The molecular weight excluding hydrogens is 244 g/mol. The maximum absolute atomic E-state index is 11.3. The van der Waals surface area contributed by atoms with E-state index in [1.807, 2.05) is 12.1 Å². The van der Waals surface area contributed by atoms with E-state index in [0.29, 0.717) is 17.5 Å². The second-order valence-corrected chi connectivity index (χ2v) is 3.49. The Morgan fingerprint density at radius 2 is 2.00 bits per heavy atom. The fourth-order valence-corrected chi connectivity index (χ4v) is 1.36. The molecule has 1 aromatic carbocycles. The highest BCUT2D eigenvalue weighted by Crippen LogP contribution is 2.13. The Balaban J connectivity index is 2.63. The first kappa shape index (κ1) is 11.2. The predicted molar refractivity (Wildman–Crippen MR) is 60.4 cm³/mol. The van der Waals surface area contributed by atoms with Gasteiger partial charge in [0.25, 0.3) is 0 Å². The van der Waals surface area contributed by atoms with E-state index in [9.17, 15) is 4.79 Å². The van der Waals surface area contributed by atoms with Gasteiger partial charge in [-0.15, -0.1) is 0 Å². The summed E-state index contributed by atoms with van der Waals surface area (Å²) < 4.78 is 5.40. The first-order valence-corrected chi connectivity index (χ1v) is 5.72. The van der Waals surface area contributed by atoms with E-state index >= 15 is 0 Å². The third kappa shape index (κ3) is 3.14. The molecule has 1 rings (SSSR count). The van der Waals surface area contributed by atoms with E-state index in [4.69, 9.17) is 4.74 Å². The van der Waals surface area contributed by atoms with Gasteiger partial charge < -0.3 is 4.74 Å². The normalized spacial score (nSPS) is 9.86. The first-order valence-electron chi connectivity index (χ1n) is 4.60. The van der Waals surface area contributed by atoms with Crippen LogP contribution >= 0.6 is 15.9 Å². The SMILES string of the molecule is CCCOc1ccc(C(=O)CBr)cc1. The number of carbonyl (C=O) groups is 1. The van der Waals surface area contributed by atoms with Crippen LogP contribution in [0, 0.1) is 0 Å². The van der Waals surface area contributed by atoms with Crippen molar-refractivity contribution in [3.05, 3.63) is 29.8 Å². The smallest absolute Gasteiger partial charge is 0.173 e. The van der Waals surface area contributed by atoms with Crippen LogP contribution in [-0.2, 0) is 0 Å². The van der Waals surface area contributed by atoms with Gasteiger partial charge in [-0.1, -0.05) is 22.9 Å². The van der Waals surface area contributed by atoms with E-state index in [2.05, 4.69) is 22.9 Å². The van der Waals surface area contributed by atoms with Gasteiger partial charge in [0.15, 0.2) is 5.78 Å². The van der Waals surface area contributed by atoms with Gasteiger partial charge in [0.2, 0.25) is 0 Å². The molecule has 0 aliphatic carbocycles. The summed E-state index contributed by atoms with van der Waals surface area (Å²) in [6.45, 7) is 2.77. The van der Waals surface area contributed by atoms with Crippen LogP contribution in [0.25, 0.3) is 0 Å². The summed E-state index contributed by atoms with van der Waals surface area (Å²) in [5, 5.41) is 0.363. The molecule has 2 nitrogen and oxygen atoms in total. The second-order valence-electron chi connectivity index (χ2n) is 2.93. The van der Waals surface area contributed by atoms with Crippen LogP contribution in [0.15, 0.2) is 24.3 Å². The highest BCUT2D eigenvalue weighted by atomic mass is 79.9. The van der Waals surface area contributed by atoms with Crippen LogP contribution in [-0.4, -0.2) is 17.7 Å². The second kappa shape index (κ2) is 5.81. The summed E-state index contributed by atoms with van der Waals surface area (Å²) in [4.78, 5) is 11.3. The standard InChI is InChI=1S/C11H13BrO2/c1-2-7-14-10-5-3-9(4-6-10)11(13)8-12/h3-6H,2,7-8H2,1H3. The van der Waals surface area contributed by atoms with Gasteiger partial charge in [-0.25, -0.2) is 0 Å². The van der Waals surface area contributed by atoms with Crippen molar-refractivity contribution in [3.8, 4) is 5.75 Å². The Morgan fingerprint density at radius 1 is 1.36 bits per heavy atom. The monoisotopic (exact) mass is 256 g/mol. The van der Waals surface area contributed by atoms with Gasteiger partial charge in [-0.3, -0.25) is 4.79 Å². The van der Waals surface area contributed by atoms with Gasteiger partial charge in [-0.05, 0) is 30.7 Å². The lowest BCUT2D eigenvalue weighted by Crippen LogP contribution is -2.00. The number of rotatable bonds is 5. The number of hydrogen-bond acceptors (Lipinski definition) is 2. The van der Waals surface area contributed by atoms with Crippen LogP contribution in [0.1, 0.15) is 23.7 Å². The molecule has 0 amide bonds. The Morgan fingerprint density at radius 3 is 2.50 bits per heavy atom. The van der Waals surface area contributed by atoms with Crippen LogP contribution in [0.4, 0.5) is 0 Å². The molecule has 0 aromatic heterocycles. The third-order valence-corrected chi connectivity index (χ3v) is 2.28. The van der Waals surface area contributed by atoms with Crippen molar-refractivity contribution in [2.45, 2.75) is 13.3 Å². The van der Waals surface area contributed by atoms with Gasteiger partial charge in [0.1, 0.15) is 5.75 Å². The fraction of sp³-hybridized carbons (Fsp3) is 0.364. The lowest BCUT2D eigenvalue weighted by Gasteiger charge is -2.04. The largest absolute Gasteiger partial charge is 0.494 e. The highest BCUT2D eigenvalue weighted by molar-refractivity contribution is 9.09. The average Bonchev–Trinajstić information content (AvgIpc) is 2.26. The number of Topliss-reactive ketones (excluding diaryl/α,β-unsaturated/α-hetero) is 1. The molecule has 76 valence electrons. The van der Waals surface area contributed by atoms with Crippen molar-refractivity contribution in [1.29, 1.82) is 0 Å². The average molecular weight is 257 g/mol. The van der Waals surface area contributed by atoms with Crippen molar-refractivity contribution < 1.29 is 9.53 Å². The van der Waals surface area contributed by atoms with E-state index in [1.165, 1.54) is 0 Å². The Bertz CT molecular complexity index is 293. The molecule has 0 fully saturated rings. The number of hydrogen-bond donors (Lipinski definition) is 0. The molecule has 0 spiro atoms. The Kier molecular flexibility index (Phi) is 4.66. The molecule has 1 aromatic rings. The van der Waals surface area contributed by atoms with Crippen molar-refractivity contribution in [2.75, 3.05) is 11.9 Å². The number of benzene rings is 1. The third-order valence-electron chi connectivity index (χ3n) is 1.77. The minimum absolute atomic E-state index is 0.0899. The first-order chi connectivity index (χ1) is 6.77. The summed E-state index contributed by atoms with van der Waals surface area (Å²) in [7, 11) is 0. The summed E-state index contributed by atoms with van der Waals surface area (Å²) >= 11 is 3.13. The van der Waals surface area contributed by atoms with Crippen LogP contribution in [0.5, 0.6) is 5.75 Å². The zero-order chi connectivity index (χ0) is 10.4. The topological polar surface area (TPSA) is 26.3 Å². The zero-order valence-corrected chi connectivity index (χ0v) is 9.71. The van der Waals surface area contributed by atoms with Crippen molar-refractivity contribution in [1.82, 2.24) is 0 Å². The van der Waals surface area contributed by atoms with E-state index in [1.54, 1.807) is 12.1 Å². The molecule has 0 heterocycles. The fourth-order valence-electron chi connectivity index (χ4n) is 1.03. The van der Waals surface area contributed by atoms with Crippen LogP contribution in [0.2, 0.25) is 0 Å². The van der Waals surface area contributed by atoms with Gasteiger partial charge in [0, 0.05) is 5.56 Å². The molecule has 0 aliphatic heterocycles. The molecule has 0 aliphatic rings. The number of carbonyl (C=O) groups excluding carboxylic acids is 1. The molecule has 0 N–H and O–H groups in total. The highest BCUT2D eigenvalue weighted by Gasteiger charge is 2.02. The van der Waals surface area contributed by atoms with Gasteiger partial charge in [-0.2, -0.15) is 0 Å². The number of ether oxygens (including phenoxy) is 1. The van der Waals surface area contributed by atoms with E-state index in [0.717, 1.165) is 12.2 Å². The van der Waals surface area contributed by atoms with Gasteiger partial charge >= 0.3 is 0 Å². The van der Waals surface area contributed by atoms with Crippen molar-refractivity contribution >= 4 is 21.7 Å². The molecule has 3 heteroatoms. The molecule has 0 radical (unpaired) electrons. The quantitative estimate of drug-likeness (QED) is 0.598. The van der Waals surface area contributed by atoms with Gasteiger partial charge in [0.05, 0.1) is 11.9 Å². The summed E-state index contributed by atoms with van der Waals surface area (Å²) in [6.07, 6.45) is 0.988. The van der Waals surface area contributed by atoms with Crippen molar-refractivity contribution in [3.63, 3.8) is 0 Å². The molecular formula is C11H13BrO2. The summed E-state index contributed by atoms with van der Waals surface area (Å²) in [5.41, 5.74) is 0.714. The Hall–Kier alpha value is -0.830. The van der Waals surface area contributed by atoms with E-state index in [-0.39, 0.29) is 5.78 Å². The minimum atomic E-state index is 0.0899. The Labute approximate surface area is 92.4 Å². The molecule has 0 unspecified atom stereocenters. The summed E-state index contributed by atoms with van der Waals surface area (Å²) in [6, 6.07) is 7.22. The lowest BCUT2D eigenvalue weighted by atomic mass is 10.1.